The van der Waals surface area contributed by atoms with Crippen molar-refractivity contribution < 1.29 is 31.1 Å². The van der Waals surface area contributed by atoms with Gasteiger partial charge in [0.2, 0.25) is 5.91 Å². The molecule has 0 atom stereocenters. The van der Waals surface area contributed by atoms with E-state index in [9.17, 15) is 9.59 Å². The second-order valence-corrected chi connectivity index (χ2v) is 8.85. The number of aryl methyl sites for hydroxylation is 1. The van der Waals surface area contributed by atoms with E-state index in [2.05, 4.69) is 34.7 Å². The molecular weight excluding hydrogens is 510 g/mol. The molecule has 0 aliphatic carbocycles. The minimum Gasteiger partial charge on any atom is -1.00 e. The number of anilines is 2. The van der Waals surface area contributed by atoms with Crippen LogP contribution in [0.4, 0.5) is 11.6 Å². The third-order valence-electron chi connectivity index (χ3n) is 5.12. The Bertz CT molecular complexity index is 939. The molecule has 0 saturated heterocycles. The van der Waals surface area contributed by atoms with Gasteiger partial charge in [-0.3, -0.25) is 9.59 Å². The molecule has 2 aromatic rings. The zero-order valence-electron chi connectivity index (χ0n) is 19.3. The lowest BCUT2D eigenvalue weighted by molar-refractivity contribution is -0.889. The van der Waals surface area contributed by atoms with E-state index in [1.807, 2.05) is 31.2 Å². The number of unbranched alkanes of at least 4 members (excludes halogenated alkanes) is 1. The van der Waals surface area contributed by atoms with E-state index in [-0.39, 0.29) is 45.4 Å². The Morgan fingerprint density at radius 3 is 2.30 bits per heavy atom. The lowest BCUT2D eigenvalue weighted by Crippen LogP contribution is -3.00. The Morgan fingerprint density at radius 1 is 0.970 bits per heavy atom. The Labute approximate surface area is 210 Å². The van der Waals surface area contributed by atoms with Gasteiger partial charge in [-0.15, -0.1) is 0 Å². The molecule has 33 heavy (non-hydrogen) atoms. The molecule has 1 aromatic carbocycles. The Morgan fingerprint density at radius 2 is 1.64 bits per heavy atom. The number of carbonyl (C=O) groups is 2. The van der Waals surface area contributed by atoms with Gasteiger partial charge in [0, 0.05) is 6.54 Å². The van der Waals surface area contributed by atoms with Crippen LogP contribution in [0.3, 0.4) is 0 Å². The maximum atomic E-state index is 12.3. The third-order valence-corrected chi connectivity index (χ3v) is 5.40. The lowest BCUT2D eigenvalue weighted by Gasteiger charge is -2.30. The van der Waals surface area contributed by atoms with Gasteiger partial charge in [0.25, 0.3) is 5.91 Å². The first kappa shape index (κ1) is 28.6. The van der Waals surface area contributed by atoms with Gasteiger partial charge in [0.05, 0.1) is 40.2 Å². The summed E-state index contributed by atoms with van der Waals surface area (Å²) >= 11 is 5.82. The van der Waals surface area contributed by atoms with E-state index in [0.29, 0.717) is 19.5 Å². The summed E-state index contributed by atoms with van der Waals surface area (Å²) in [7, 11) is 4.19. The molecule has 0 fully saturated rings. The van der Waals surface area contributed by atoms with Crippen molar-refractivity contribution in [3.8, 4) is 0 Å². The average Bonchev–Trinajstić information content (AvgIpc) is 2.72. The van der Waals surface area contributed by atoms with Gasteiger partial charge in [-0.1, -0.05) is 41.4 Å². The van der Waals surface area contributed by atoms with Crippen LogP contribution in [0.15, 0.2) is 24.3 Å². The minimum atomic E-state index is -0.437. The minimum absolute atomic E-state index is 0. The van der Waals surface area contributed by atoms with Gasteiger partial charge >= 0.3 is 0 Å². The Balaban J connectivity index is 0.00000544. The van der Waals surface area contributed by atoms with Crippen LogP contribution in [0.5, 0.6) is 0 Å². The van der Waals surface area contributed by atoms with Gasteiger partial charge in [-0.05, 0) is 25.3 Å². The number of quaternary nitrogens is 1. The van der Waals surface area contributed by atoms with E-state index in [4.69, 9.17) is 23.1 Å². The summed E-state index contributed by atoms with van der Waals surface area (Å²) in [5.41, 5.74) is 13.4. The maximum absolute atomic E-state index is 12.3. The summed E-state index contributed by atoms with van der Waals surface area (Å²) in [6.45, 7) is 4.76. The number of likely N-dealkylation sites (N-methyl/N-ethyl adjacent to an activating group) is 1. The summed E-state index contributed by atoms with van der Waals surface area (Å²) in [5, 5.41) is 5.72. The first-order chi connectivity index (χ1) is 15.1. The predicted molar refractivity (Wildman–Crippen MR) is 127 cm³/mol. The predicted octanol–water partition coefficient (Wildman–Crippen LogP) is -1.45. The van der Waals surface area contributed by atoms with Crippen LogP contribution >= 0.6 is 11.6 Å². The van der Waals surface area contributed by atoms with Gasteiger partial charge in [-0.25, -0.2) is 9.97 Å². The Hall–Kier alpha value is -2.43. The van der Waals surface area contributed by atoms with Gasteiger partial charge < -0.3 is 43.6 Å². The molecule has 1 aromatic heterocycles. The molecule has 2 rings (SSSR count). The number of nitrogens with zero attached hydrogens (tertiary/aromatic N) is 3. The van der Waals surface area contributed by atoms with Crippen molar-refractivity contribution in [3.05, 3.63) is 46.2 Å². The highest BCUT2D eigenvalue weighted by Gasteiger charge is 2.18. The summed E-state index contributed by atoms with van der Waals surface area (Å²) in [5.74, 6) is -0.462. The number of nitrogens with one attached hydrogen (secondary N) is 2. The summed E-state index contributed by atoms with van der Waals surface area (Å²) < 4.78 is 0.723. The van der Waals surface area contributed by atoms with Gasteiger partial charge in [-0.2, -0.15) is 0 Å². The summed E-state index contributed by atoms with van der Waals surface area (Å²) in [4.78, 5) is 32.1. The van der Waals surface area contributed by atoms with Crippen LogP contribution < -0.4 is 39.1 Å². The number of hydrogen-bond acceptors (Lipinski definition) is 6. The number of rotatable bonds is 11. The van der Waals surface area contributed by atoms with E-state index >= 15 is 0 Å². The van der Waals surface area contributed by atoms with Crippen molar-refractivity contribution in [1.29, 1.82) is 0 Å². The molecule has 0 spiro atoms. The molecule has 0 unspecified atom stereocenters. The zero-order valence-corrected chi connectivity index (χ0v) is 21.7. The fourth-order valence-electron chi connectivity index (χ4n) is 3.12. The number of benzene rings is 1. The number of hydrogen-bond donors (Lipinski definition) is 4. The van der Waals surface area contributed by atoms with Gasteiger partial charge in [0.15, 0.2) is 22.5 Å². The molecule has 0 saturated carbocycles. The second-order valence-electron chi connectivity index (χ2n) is 8.49. The third kappa shape index (κ3) is 9.93. The van der Waals surface area contributed by atoms with Crippen molar-refractivity contribution in [2.24, 2.45) is 0 Å². The lowest BCUT2D eigenvalue weighted by atomic mass is 10.1. The number of nitrogens with two attached hydrogens (primary N) is 2. The smallest absolute Gasteiger partial charge is 0.273 e. The van der Waals surface area contributed by atoms with E-state index in [0.717, 1.165) is 36.0 Å². The van der Waals surface area contributed by atoms with Crippen molar-refractivity contribution in [2.45, 2.75) is 26.2 Å². The normalized spacial score (nSPS) is 10.9. The average molecular weight is 543 g/mol. The monoisotopic (exact) mass is 541 g/mol. The van der Waals surface area contributed by atoms with Crippen LogP contribution in [-0.2, 0) is 11.2 Å². The van der Waals surface area contributed by atoms with Crippen LogP contribution in [0.25, 0.3) is 0 Å². The number of amides is 2. The SMILES string of the molecule is Cc1ccc(CC(=O)NCCCC[N+](C)(C)CCNC(=O)c2nc(Cl)c(N)nc2N)cc1.[Br-]. The van der Waals surface area contributed by atoms with E-state index in [1.165, 1.54) is 5.56 Å². The summed E-state index contributed by atoms with van der Waals surface area (Å²) in [6.07, 6.45) is 2.25. The van der Waals surface area contributed by atoms with Crippen LogP contribution in [-0.4, -0.2) is 66.5 Å². The van der Waals surface area contributed by atoms with Crippen molar-refractivity contribution >= 4 is 35.1 Å². The Kier molecular flexibility index (Phi) is 11.5. The number of carbonyl (C=O) groups excluding carboxylic acids is 2. The van der Waals surface area contributed by atoms with Crippen LogP contribution in [0.1, 0.15) is 34.5 Å². The highest BCUT2D eigenvalue weighted by Crippen LogP contribution is 2.17. The van der Waals surface area contributed by atoms with E-state index in [1.54, 1.807) is 0 Å². The maximum Gasteiger partial charge on any atom is 0.273 e. The van der Waals surface area contributed by atoms with Crippen molar-refractivity contribution in [2.75, 3.05) is 51.7 Å². The molecule has 9 nitrogen and oxygen atoms in total. The van der Waals surface area contributed by atoms with Gasteiger partial charge in [0.1, 0.15) is 0 Å². The number of aromatic nitrogens is 2. The molecule has 2 amide bonds. The first-order valence-corrected chi connectivity index (χ1v) is 11.0. The van der Waals surface area contributed by atoms with E-state index < -0.39 is 5.91 Å². The fourth-order valence-corrected chi connectivity index (χ4v) is 3.25. The molecule has 11 heteroatoms. The molecule has 0 aliphatic heterocycles. The molecule has 182 valence electrons. The molecule has 0 aliphatic rings. The summed E-state index contributed by atoms with van der Waals surface area (Å²) in [6, 6.07) is 7.99. The molecule has 0 radical (unpaired) electrons. The largest absolute Gasteiger partial charge is 1.00 e. The quantitative estimate of drug-likeness (QED) is 0.203. The fraction of sp³-hybridized carbons (Fsp3) is 0.455. The highest BCUT2D eigenvalue weighted by atomic mass is 79.9. The van der Waals surface area contributed by atoms with Crippen LogP contribution in [0, 0.1) is 6.92 Å². The zero-order chi connectivity index (χ0) is 23.7. The topological polar surface area (TPSA) is 136 Å². The number of halogens is 2. The molecule has 1 heterocycles. The van der Waals surface area contributed by atoms with Crippen LogP contribution in [0.2, 0.25) is 5.15 Å². The first-order valence-electron chi connectivity index (χ1n) is 10.6. The standard InChI is InChI=1S/C22H32ClN7O2.BrH/c1-15-6-8-16(9-7-15)14-17(31)26-10-4-5-12-30(2,3)13-11-27-22(32)18-20(24)29-21(25)19(23)28-18;/h6-9H,4-5,10-14H2,1-3H3,(H5-,24,25,26,27,29,31,32);1H. The highest BCUT2D eigenvalue weighted by molar-refractivity contribution is 6.31. The second kappa shape index (κ2) is 13.3. The number of nitrogen functional groups attached to an aromatic ring is 2. The molecule has 6 N–H and O–H groups in total. The van der Waals surface area contributed by atoms with Crippen molar-refractivity contribution in [3.63, 3.8) is 0 Å². The molecular formula is C22H33BrClN7O2. The van der Waals surface area contributed by atoms with Crippen molar-refractivity contribution in [1.82, 2.24) is 20.6 Å². The molecule has 0 bridgehead atoms.